The zero-order valence-corrected chi connectivity index (χ0v) is 14.1. The normalized spacial score (nSPS) is 11.3. The molecule has 2 rings (SSSR count). The number of benzene rings is 2. The molecule has 7 nitrogen and oxygen atoms in total. The van der Waals surface area contributed by atoms with Crippen molar-refractivity contribution in [1.29, 1.82) is 0 Å². The molecule has 0 fully saturated rings. The number of hydrogen-bond acceptors (Lipinski definition) is 6. The molecular weight excluding hydrogens is 326 g/mol. The molecule has 1 amide bonds. The van der Waals surface area contributed by atoms with Crippen molar-refractivity contribution in [2.75, 3.05) is 19.5 Å². The Morgan fingerprint density at radius 1 is 1.00 bits per heavy atom. The van der Waals surface area contributed by atoms with Gasteiger partial charge in [-0.05, 0) is 43.3 Å². The molecule has 0 saturated carbocycles. The lowest BCUT2D eigenvalue weighted by atomic mass is 10.2. The molecule has 0 aliphatic rings. The molecule has 0 aromatic heterocycles. The van der Waals surface area contributed by atoms with Crippen molar-refractivity contribution in [3.63, 3.8) is 0 Å². The maximum atomic E-state index is 12.1. The fraction of sp³-hybridized carbons (Fsp3) is 0.222. The minimum atomic E-state index is -1.05. The molecule has 0 bridgehead atoms. The number of aromatic hydroxyl groups is 1. The third-order valence-electron chi connectivity index (χ3n) is 3.44. The molecule has 0 spiro atoms. The van der Waals surface area contributed by atoms with Crippen molar-refractivity contribution in [2.45, 2.75) is 13.0 Å². The Morgan fingerprint density at radius 2 is 1.60 bits per heavy atom. The summed E-state index contributed by atoms with van der Waals surface area (Å²) in [7, 11) is 2.99. The summed E-state index contributed by atoms with van der Waals surface area (Å²) in [5, 5.41) is 12.5. The fourth-order valence-electron chi connectivity index (χ4n) is 2.01. The standard InChI is InChI=1S/C18H19NO6/c1-11(17(21)19-12-4-6-13(23-2)7-5-12)25-18(22)15-9-8-14(24-3)10-16(15)20/h4-11,20H,1-3H3,(H,19,21)/t11-/m1/s1. The van der Waals surface area contributed by atoms with Gasteiger partial charge in [0.25, 0.3) is 5.91 Å². The molecule has 2 aromatic carbocycles. The lowest BCUT2D eigenvalue weighted by Crippen LogP contribution is -2.30. The Hall–Kier alpha value is -3.22. The lowest BCUT2D eigenvalue weighted by molar-refractivity contribution is -0.123. The molecule has 0 saturated heterocycles. The first-order valence-electron chi connectivity index (χ1n) is 7.47. The summed E-state index contributed by atoms with van der Waals surface area (Å²) < 4.78 is 15.1. The molecule has 7 heteroatoms. The van der Waals surface area contributed by atoms with Crippen molar-refractivity contribution in [3.05, 3.63) is 48.0 Å². The van der Waals surface area contributed by atoms with Gasteiger partial charge in [-0.25, -0.2) is 4.79 Å². The lowest BCUT2D eigenvalue weighted by Gasteiger charge is -2.14. The third-order valence-corrected chi connectivity index (χ3v) is 3.44. The second kappa shape index (κ2) is 8.05. The fourth-order valence-corrected chi connectivity index (χ4v) is 2.01. The van der Waals surface area contributed by atoms with Crippen LogP contribution >= 0.6 is 0 Å². The first kappa shape index (κ1) is 18.1. The predicted molar refractivity (Wildman–Crippen MR) is 91.2 cm³/mol. The van der Waals surface area contributed by atoms with Crippen molar-refractivity contribution in [3.8, 4) is 17.2 Å². The van der Waals surface area contributed by atoms with Gasteiger partial charge < -0.3 is 24.6 Å². The van der Waals surface area contributed by atoms with Crippen LogP contribution in [0, 0.1) is 0 Å². The molecular formula is C18H19NO6. The van der Waals surface area contributed by atoms with Gasteiger partial charge in [-0.15, -0.1) is 0 Å². The van der Waals surface area contributed by atoms with Gasteiger partial charge in [0.2, 0.25) is 0 Å². The van der Waals surface area contributed by atoms with Crippen LogP contribution in [0.1, 0.15) is 17.3 Å². The zero-order valence-electron chi connectivity index (χ0n) is 14.1. The molecule has 132 valence electrons. The summed E-state index contributed by atoms with van der Waals surface area (Å²) >= 11 is 0. The summed E-state index contributed by atoms with van der Waals surface area (Å²) in [6, 6.07) is 10.9. The van der Waals surface area contributed by atoms with Crippen LogP contribution in [-0.4, -0.2) is 37.3 Å². The molecule has 1 atom stereocenters. The van der Waals surface area contributed by atoms with Gasteiger partial charge in [0, 0.05) is 11.8 Å². The zero-order chi connectivity index (χ0) is 18.4. The molecule has 2 aromatic rings. The number of carbonyl (C=O) groups is 2. The minimum Gasteiger partial charge on any atom is -0.507 e. The highest BCUT2D eigenvalue weighted by Crippen LogP contribution is 2.24. The predicted octanol–water partition coefficient (Wildman–Crippen LogP) is 2.59. The number of amides is 1. The average Bonchev–Trinajstić information content (AvgIpc) is 2.61. The largest absolute Gasteiger partial charge is 0.507 e. The smallest absolute Gasteiger partial charge is 0.342 e. The van der Waals surface area contributed by atoms with Gasteiger partial charge in [-0.2, -0.15) is 0 Å². The average molecular weight is 345 g/mol. The first-order valence-corrected chi connectivity index (χ1v) is 7.47. The molecule has 0 radical (unpaired) electrons. The van der Waals surface area contributed by atoms with Crippen LogP contribution in [0.25, 0.3) is 0 Å². The Kier molecular flexibility index (Phi) is 5.84. The van der Waals surface area contributed by atoms with Gasteiger partial charge in [0.05, 0.1) is 14.2 Å². The topological polar surface area (TPSA) is 94.1 Å². The number of methoxy groups -OCH3 is 2. The molecule has 25 heavy (non-hydrogen) atoms. The number of phenols is 1. The Morgan fingerprint density at radius 3 is 2.16 bits per heavy atom. The van der Waals surface area contributed by atoms with E-state index in [1.165, 1.54) is 32.2 Å². The Labute approximate surface area is 145 Å². The van der Waals surface area contributed by atoms with E-state index in [1.54, 1.807) is 31.4 Å². The summed E-state index contributed by atoms with van der Waals surface area (Å²) in [5.74, 6) is -0.525. The van der Waals surface area contributed by atoms with Crippen LogP contribution in [0.3, 0.4) is 0 Å². The number of esters is 1. The second-order valence-electron chi connectivity index (χ2n) is 5.15. The number of rotatable bonds is 6. The number of carbonyl (C=O) groups excluding carboxylic acids is 2. The highest BCUT2D eigenvalue weighted by Gasteiger charge is 2.21. The molecule has 0 unspecified atom stereocenters. The number of phenolic OH excluding ortho intramolecular Hbond substituents is 1. The van der Waals surface area contributed by atoms with E-state index >= 15 is 0 Å². The molecule has 0 aliphatic carbocycles. The Balaban J connectivity index is 1.98. The maximum absolute atomic E-state index is 12.1. The summed E-state index contributed by atoms with van der Waals surface area (Å²) in [4.78, 5) is 24.2. The van der Waals surface area contributed by atoms with E-state index in [0.29, 0.717) is 17.2 Å². The van der Waals surface area contributed by atoms with Crippen LogP contribution in [0.4, 0.5) is 5.69 Å². The summed E-state index contributed by atoms with van der Waals surface area (Å²) in [5.41, 5.74) is 0.492. The highest BCUT2D eigenvalue weighted by atomic mass is 16.5. The van der Waals surface area contributed by atoms with E-state index in [2.05, 4.69) is 5.32 Å². The second-order valence-corrected chi connectivity index (χ2v) is 5.15. The number of anilines is 1. The minimum absolute atomic E-state index is 0.0510. The number of ether oxygens (including phenoxy) is 3. The van der Waals surface area contributed by atoms with Gasteiger partial charge in [0.15, 0.2) is 6.10 Å². The molecule has 0 heterocycles. The van der Waals surface area contributed by atoms with Crippen LogP contribution < -0.4 is 14.8 Å². The van der Waals surface area contributed by atoms with Crippen molar-refractivity contribution < 1.29 is 28.9 Å². The van der Waals surface area contributed by atoms with E-state index in [0.717, 1.165) is 0 Å². The van der Waals surface area contributed by atoms with E-state index < -0.39 is 18.0 Å². The van der Waals surface area contributed by atoms with Crippen LogP contribution in [0.5, 0.6) is 17.2 Å². The van der Waals surface area contributed by atoms with E-state index in [-0.39, 0.29) is 11.3 Å². The monoisotopic (exact) mass is 345 g/mol. The van der Waals surface area contributed by atoms with Gasteiger partial charge in [-0.3, -0.25) is 4.79 Å². The van der Waals surface area contributed by atoms with E-state index in [1.807, 2.05) is 0 Å². The van der Waals surface area contributed by atoms with Crippen molar-refractivity contribution in [1.82, 2.24) is 0 Å². The van der Waals surface area contributed by atoms with E-state index in [4.69, 9.17) is 14.2 Å². The van der Waals surface area contributed by atoms with Crippen molar-refractivity contribution in [2.24, 2.45) is 0 Å². The number of nitrogens with one attached hydrogen (secondary N) is 1. The first-order chi connectivity index (χ1) is 11.9. The molecule has 0 aliphatic heterocycles. The van der Waals surface area contributed by atoms with E-state index in [9.17, 15) is 14.7 Å². The SMILES string of the molecule is COc1ccc(NC(=O)[C@@H](C)OC(=O)c2ccc(OC)cc2O)cc1. The van der Waals surface area contributed by atoms with Crippen LogP contribution in [0.15, 0.2) is 42.5 Å². The van der Waals surface area contributed by atoms with Gasteiger partial charge in [0.1, 0.15) is 22.8 Å². The Bertz CT molecular complexity index is 757. The van der Waals surface area contributed by atoms with Crippen LogP contribution in [0.2, 0.25) is 0 Å². The van der Waals surface area contributed by atoms with Gasteiger partial charge in [-0.1, -0.05) is 0 Å². The highest BCUT2D eigenvalue weighted by molar-refractivity contribution is 5.98. The molecule has 2 N–H and O–H groups in total. The summed E-state index contributed by atoms with van der Waals surface area (Å²) in [6.45, 7) is 1.44. The number of hydrogen-bond donors (Lipinski definition) is 2. The summed E-state index contributed by atoms with van der Waals surface area (Å²) in [6.07, 6.45) is -1.05. The maximum Gasteiger partial charge on any atom is 0.342 e. The van der Waals surface area contributed by atoms with Crippen molar-refractivity contribution >= 4 is 17.6 Å². The third kappa shape index (κ3) is 4.63. The quantitative estimate of drug-likeness (QED) is 0.782. The van der Waals surface area contributed by atoms with Crippen LogP contribution in [-0.2, 0) is 9.53 Å². The van der Waals surface area contributed by atoms with Gasteiger partial charge >= 0.3 is 5.97 Å².